The molecule has 7 heteroatoms. The number of hydrazone groups is 1. The van der Waals surface area contributed by atoms with E-state index in [4.69, 9.17) is 23.2 Å². The van der Waals surface area contributed by atoms with E-state index in [9.17, 15) is 4.79 Å². The number of hydrogen-bond acceptors (Lipinski definition) is 3. The summed E-state index contributed by atoms with van der Waals surface area (Å²) in [7, 11) is 0. The Balaban J connectivity index is 1.97. The molecule has 0 saturated heterocycles. The van der Waals surface area contributed by atoms with Gasteiger partial charge in [0.1, 0.15) is 0 Å². The summed E-state index contributed by atoms with van der Waals surface area (Å²) in [5.74, 6) is 0.113. The third-order valence-electron chi connectivity index (χ3n) is 3.48. The highest BCUT2D eigenvalue weighted by molar-refractivity contribution is 9.10. The zero-order chi connectivity index (χ0) is 18.6. The Morgan fingerprint density at radius 2 is 1.92 bits per heavy atom. The van der Waals surface area contributed by atoms with Crippen molar-refractivity contribution in [3.05, 3.63) is 61.5 Å². The van der Waals surface area contributed by atoms with Gasteiger partial charge in [-0.1, -0.05) is 45.2 Å². The number of benzene rings is 2. The summed E-state index contributed by atoms with van der Waals surface area (Å²) in [6.07, 6.45) is 0. The van der Waals surface area contributed by atoms with Gasteiger partial charge in [-0.3, -0.25) is 4.79 Å². The monoisotopic (exact) mass is 458 g/mol. The topological polar surface area (TPSA) is 41.5 Å². The van der Waals surface area contributed by atoms with Crippen molar-refractivity contribution >= 4 is 62.5 Å². The molecule has 0 aliphatic carbocycles. The van der Waals surface area contributed by atoms with Gasteiger partial charge in [-0.2, -0.15) is 5.10 Å². The minimum Gasteiger partial charge on any atom is -0.272 e. The highest BCUT2D eigenvalue weighted by Crippen LogP contribution is 2.28. The number of hydrogen-bond donors (Lipinski definition) is 1. The normalized spacial score (nSPS) is 11.5. The Kier molecular flexibility index (Phi) is 7.37. The first-order valence-electron chi connectivity index (χ1n) is 7.46. The second-order valence-electron chi connectivity index (χ2n) is 5.51. The Hall–Kier alpha value is -1.01. The summed E-state index contributed by atoms with van der Waals surface area (Å²) in [6, 6.07) is 9.28. The maximum atomic E-state index is 12.1. The number of halogens is 3. The van der Waals surface area contributed by atoms with Gasteiger partial charge >= 0.3 is 0 Å². The van der Waals surface area contributed by atoms with Crippen LogP contribution in [0.15, 0.2) is 44.8 Å². The van der Waals surface area contributed by atoms with Crippen molar-refractivity contribution in [2.24, 2.45) is 5.10 Å². The minimum atomic E-state index is -0.172. The fraction of sp³-hybridized carbons (Fsp3) is 0.222. The highest BCUT2D eigenvalue weighted by atomic mass is 79.9. The Morgan fingerprint density at radius 3 is 2.60 bits per heavy atom. The Labute approximate surface area is 170 Å². The van der Waals surface area contributed by atoms with Gasteiger partial charge in [-0.15, -0.1) is 11.8 Å². The molecule has 2 aromatic carbocycles. The number of carbonyl (C=O) groups excluding carboxylic acids is 1. The zero-order valence-electron chi connectivity index (χ0n) is 14.0. The van der Waals surface area contributed by atoms with Crippen LogP contribution in [0.1, 0.15) is 23.6 Å². The molecule has 132 valence electrons. The zero-order valence-corrected chi connectivity index (χ0v) is 17.9. The van der Waals surface area contributed by atoms with E-state index in [1.165, 1.54) is 11.8 Å². The number of aryl methyl sites for hydroxylation is 2. The molecule has 0 saturated carbocycles. The third-order valence-corrected chi connectivity index (χ3v) is 6.04. The summed E-state index contributed by atoms with van der Waals surface area (Å²) in [5.41, 5.74) is 6.19. The van der Waals surface area contributed by atoms with Gasteiger partial charge in [0.05, 0.1) is 16.5 Å². The fourth-order valence-electron chi connectivity index (χ4n) is 2.07. The van der Waals surface area contributed by atoms with Gasteiger partial charge in [0.2, 0.25) is 5.91 Å². The van der Waals surface area contributed by atoms with Gasteiger partial charge < -0.3 is 0 Å². The molecular formula is C18H17BrCl2N2OS. The van der Waals surface area contributed by atoms with E-state index in [1.807, 2.05) is 13.8 Å². The molecule has 0 aliphatic heterocycles. The fourth-order valence-corrected chi connectivity index (χ4v) is 3.98. The Morgan fingerprint density at radius 1 is 1.20 bits per heavy atom. The molecule has 1 amide bonds. The number of nitrogens with one attached hydrogen (secondary N) is 1. The van der Waals surface area contributed by atoms with Crippen LogP contribution in [0.25, 0.3) is 0 Å². The summed E-state index contributed by atoms with van der Waals surface area (Å²) < 4.78 is 1.07. The molecule has 1 N–H and O–H groups in total. The van der Waals surface area contributed by atoms with Crippen LogP contribution in [0.4, 0.5) is 0 Å². The van der Waals surface area contributed by atoms with Crippen molar-refractivity contribution in [2.75, 3.05) is 5.75 Å². The van der Waals surface area contributed by atoms with E-state index in [2.05, 4.69) is 38.6 Å². The maximum absolute atomic E-state index is 12.1. The second kappa shape index (κ2) is 9.08. The molecule has 0 bridgehead atoms. The SMILES string of the molecule is C/C(=N/NC(=O)CSc1cc(C)c(Br)cc1C)c1ccc(Cl)cc1Cl. The molecule has 0 atom stereocenters. The predicted molar refractivity (Wildman–Crippen MR) is 111 cm³/mol. The smallest absolute Gasteiger partial charge is 0.250 e. The van der Waals surface area contributed by atoms with Gasteiger partial charge in [0.25, 0.3) is 0 Å². The van der Waals surface area contributed by atoms with Crippen LogP contribution in [0, 0.1) is 13.8 Å². The molecule has 3 nitrogen and oxygen atoms in total. The molecule has 0 heterocycles. The van der Waals surface area contributed by atoms with Crippen molar-refractivity contribution in [3.8, 4) is 0 Å². The quantitative estimate of drug-likeness (QED) is 0.338. The van der Waals surface area contributed by atoms with Crippen molar-refractivity contribution in [3.63, 3.8) is 0 Å². The highest BCUT2D eigenvalue weighted by Gasteiger charge is 2.08. The Bertz CT molecular complexity index is 840. The minimum absolute atomic E-state index is 0.172. The van der Waals surface area contributed by atoms with Crippen LogP contribution in [0.2, 0.25) is 10.0 Å². The average Bonchev–Trinajstić information content (AvgIpc) is 2.54. The third kappa shape index (κ3) is 5.74. The lowest BCUT2D eigenvalue weighted by Crippen LogP contribution is -2.21. The number of amides is 1. The number of carbonyl (C=O) groups is 1. The summed E-state index contributed by atoms with van der Waals surface area (Å²) in [4.78, 5) is 13.1. The molecule has 0 unspecified atom stereocenters. The van der Waals surface area contributed by atoms with Crippen LogP contribution in [-0.2, 0) is 4.79 Å². The van der Waals surface area contributed by atoms with E-state index in [0.29, 0.717) is 15.8 Å². The largest absolute Gasteiger partial charge is 0.272 e. The lowest BCUT2D eigenvalue weighted by atomic mass is 10.1. The van der Waals surface area contributed by atoms with Crippen molar-refractivity contribution in [1.82, 2.24) is 5.43 Å². The first-order chi connectivity index (χ1) is 11.8. The molecule has 0 spiro atoms. The van der Waals surface area contributed by atoms with Gasteiger partial charge in [-0.05, 0) is 56.2 Å². The lowest BCUT2D eigenvalue weighted by Gasteiger charge is -2.08. The first-order valence-corrected chi connectivity index (χ1v) is 9.99. The molecule has 0 aliphatic rings. The van der Waals surface area contributed by atoms with E-state index in [0.717, 1.165) is 26.1 Å². The molecule has 2 aromatic rings. The van der Waals surface area contributed by atoms with E-state index >= 15 is 0 Å². The van der Waals surface area contributed by atoms with Crippen molar-refractivity contribution < 1.29 is 4.79 Å². The van der Waals surface area contributed by atoms with E-state index in [-0.39, 0.29) is 11.7 Å². The molecular weight excluding hydrogens is 443 g/mol. The van der Waals surface area contributed by atoms with E-state index in [1.54, 1.807) is 25.1 Å². The molecule has 0 aromatic heterocycles. The standard InChI is InChI=1S/C18H17BrCl2N2OS/c1-10-7-17(11(2)6-15(10)19)25-9-18(24)23-22-12(3)14-5-4-13(20)8-16(14)21/h4-8H,9H2,1-3H3,(H,23,24)/b22-12-. The number of nitrogens with zero attached hydrogens (tertiary/aromatic N) is 1. The molecule has 0 radical (unpaired) electrons. The maximum Gasteiger partial charge on any atom is 0.250 e. The van der Waals surface area contributed by atoms with Crippen molar-refractivity contribution in [2.45, 2.75) is 25.7 Å². The number of rotatable bonds is 5. The lowest BCUT2D eigenvalue weighted by molar-refractivity contribution is -0.118. The number of thioether (sulfide) groups is 1. The van der Waals surface area contributed by atoms with E-state index < -0.39 is 0 Å². The summed E-state index contributed by atoms with van der Waals surface area (Å²) in [5, 5.41) is 5.18. The van der Waals surface area contributed by atoms with Gasteiger partial charge in [-0.25, -0.2) is 5.43 Å². The summed E-state index contributed by atoms with van der Waals surface area (Å²) in [6.45, 7) is 5.83. The summed E-state index contributed by atoms with van der Waals surface area (Å²) >= 11 is 17.0. The van der Waals surface area contributed by atoms with Crippen molar-refractivity contribution in [1.29, 1.82) is 0 Å². The van der Waals surface area contributed by atoms with Gasteiger partial charge in [0, 0.05) is 20.0 Å². The second-order valence-corrected chi connectivity index (χ2v) is 8.23. The predicted octanol–water partition coefficient (Wildman–Crippen LogP) is 6.01. The molecule has 2 rings (SSSR count). The average molecular weight is 460 g/mol. The van der Waals surface area contributed by atoms with Crippen LogP contribution in [0.3, 0.4) is 0 Å². The van der Waals surface area contributed by atoms with Crippen LogP contribution >= 0.6 is 50.9 Å². The van der Waals surface area contributed by atoms with Crippen LogP contribution < -0.4 is 5.43 Å². The molecule has 0 fully saturated rings. The molecule has 25 heavy (non-hydrogen) atoms. The van der Waals surface area contributed by atoms with Crippen LogP contribution in [-0.4, -0.2) is 17.4 Å². The van der Waals surface area contributed by atoms with Crippen LogP contribution in [0.5, 0.6) is 0 Å². The van der Waals surface area contributed by atoms with Gasteiger partial charge in [0.15, 0.2) is 0 Å². The first kappa shape index (κ1) is 20.3.